The number of nitrogens with zero attached hydrogens (tertiary/aromatic N) is 2. The van der Waals surface area contributed by atoms with Crippen molar-refractivity contribution in [1.82, 2.24) is 15.1 Å². The Labute approximate surface area is 366 Å². The van der Waals surface area contributed by atoms with Crippen LogP contribution >= 0.6 is 0 Å². The van der Waals surface area contributed by atoms with Crippen LogP contribution in [0.2, 0.25) is 0 Å². The first-order valence-corrected chi connectivity index (χ1v) is 24.0. The molecule has 0 bridgehead atoms. The molecule has 9 nitrogen and oxygen atoms in total. The molecule has 2 N–H and O–H groups in total. The number of piperazine rings is 1. The number of nitrogens with one attached hydrogen (secondary N) is 1. The van der Waals surface area contributed by atoms with Gasteiger partial charge in [-0.05, 0) is 127 Å². The first-order chi connectivity index (χ1) is 28.6. The molecule has 1 aromatic carbocycles. The van der Waals surface area contributed by atoms with E-state index in [1.54, 1.807) is 0 Å². The molecule has 1 aromatic rings. The van der Waals surface area contributed by atoms with Crippen molar-refractivity contribution < 1.29 is 29.0 Å². The molecule has 336 valence electrons. The number of ketones is 1. The highest BCUT2D eigenvalue weighted by molar-refractivity contribution is 6.01. The van der Waals surface area contributed by atoms with E-state index in [0.717, 1.165) is 95.2 Å². The second-order valence-corrected chi connectivity index (χ2v) is 23.6. The average molecular weight is 840 g/mol. The normalized spacial score (nSPS) is 39.4. The lowest BCUT2D eigenvalue weighted by atomic mass is 9.33. The third kappa shape index (κ3) is 7.17. The number of amides is 1. The highest BCUT2D eigenvalue weighted by Crippen LogP contribution is 2.77. The third-order valence-electron chi connectivity index (χ3n) is 19.6. The fraction of sp³-hybridized carbons (Fsp3) is 0.769. The van der Waals surface area contributed by atoms with Gasteiger partial charge < -0.3 is 20.1 Å². The summed E-state index contributed by atoms with van der Waals surface area (Å²) in [4.78, 5) is 58.6. The van der Waals surface area contributed by atoms with E-state index in [9.17, 15) is 24.3 Å². The fourth-order valence-corrected chi connectivity index (χ4v) is 15.7. The minimum absolute atomic E-state index is 0.000222. The van der Waals surface area contributed by atoms with Gasteiger partial charge >= 0.3 is 11.9 Å². The summed E-state index contributed by atoms with van der Waals surface area (Å²) in [6, 6.07) is 8.71. The van der Waals surface area contributed by atoms with Gasteiger partial charge in [0, 0.05) is 62.9 Å². The van der Waals surface area contributed by atoms with Crippen molar-refractivity contribution in [3.63, 3.8) is 0 Å². The Hall–Kier alpha value is -3.04. The van der Waals surface area contributed by atoms with E-state index >= 15 is 0 Å². The number of aliphatic carboxylic acids is 1. The number of carboxylic acids is 1. The van der Waals surface area contributed by atoms with E-state index in [1.807, 2.05) is 13.8 Å². The van der Waals surface area contributed by atoms with E-state index < -0.39 is 22.7 Å². The Kier molecular flexibility index (Phi) is 11.4. The van der Waals surface area contributed by atoms with Gasteiger partial charge in [0.25, 0.3) is 0 Å². The van der Waals surface area contributed by atoms with Crippen LogP contribution in [0.3, 0.4) is 0 Å². The predicted molar refractivity (Wildman–Crippen MR) is 238 cm³/mol. The summed E-state index contributed by atoms with van der Waals surface area (Å²) in [6.45, 7) is 26.3. The lowest BCUT2D eigenvalue weighted by Gasteiger charge is -2.72. The molecule has 1 aliphatic heterocycles. The second-order valence-electron chi connectivity index (χ2n) is 23.6. The largest absolute Gasteiger partial charge is 0.481 e. The molecule has 1 saturated heterocycles. The lowest BCUT2D eigenvalue weighted by Crippen LogP contribution is -2.66. The summed E-state index contributed by atoms with van der Waals surface area (Å²) >= 11 is 0. The highest BCUT2D eigenvalue weighted by Gasteiger charge is 2.70. The van der Waals surface area contributed by atoms with Gasteiger partial charge in [0.2, 0.25) is 5.91 Å². The van der Waals surface area contributed by atoms with Crippen LogP contribution in [-0.2, 0) is 37.0 Å². The molecule has 1 amide bonds. The molecule has 9 heteroatoms. The zero-order chi connectivity index (χ0) is 44.1. The second kappa shape index (κ2) is 15.6. The third-order valence-corrected chi connectivity index (χ3v) is 19.6. The molecule has 1 heterocycles. The van der Waals surface area contributed by atoms with E-state index in [4.69, 9.17) is 4.74 Å². The molecule has 5 saturated carbocycles. The molecule has 0 radical (unpaired) electrons. The molecule has 6 fully saturated rings. The van der Waals surface area contributed by atoms with Gasteiger partial charge in [-0.1, -0.05) is 92.2 Å². The van der Waals surface area contributed by atoms with Gasteiger partial charge in [0.15, 0.2) is 5.78 Å². The van der Waals surface area contributed by atoms with Crippen molar-refractivity contribution in [3.8, 4) is 0 Å². The van der Waals surface area contributed by atoms with Crippen LogP contribution in [0.25, 0.3) is 0 Å². The molecule has 0 spiro atoms. The molecule has 0 unspecified atom stereocenters. The highest BCUT2D eigenvalue weighted by atomic mass is 16.5. The summed E-state index contributed by atoms with van der Waals surface area (Å²) in [5.41, 5.74) is 3.69. The van der Waals surface area contributed by atoms with Gasteiger partial charge in [0.1, 0.15) is 6.10 Å². The van der Waals surface area contributed by atoms with E-state index in [0.29, 0.717) is 37.6 Å². The molecule has 61 heavy (non-hydrogen) atoms. The van der Waals surface area contributed by atoms with Crippen LogP contribution in [0.4, 0.5) is 0 Å². The van der Waals surface area contributed by atoms with Gasteiger partial charge in [0.05, 0.1) is 11.8 Å². The first kappa shape index (κ1) is 44.6. The molecule has 10 atom stereocenters. The molecular formula is C52H77N3O6. The number of rotatable bonds is 10. The predicted octanol–water partition coefficient (Wildman–Crippen LogP) is 9.08. The standard InChI is InChI=1S/C52H77N3O6/c1-32(2)43-38(56)28-52(29-42(57)53-30-33-11-13-34(14-12-33)31-55-25-23-54(10)24-26-55)22-21-50(8)35(44(43)52)15-16-40-49(7)19-18-41(48(5,6)39(49)17-20-51(40,50)9)61-46(60)37-27-36(45(58)59)47(37,3)4/h11-14,32,35-37,39-41H,15-31H2,1-10H3,(H,53,57)(H,58,59)/t35-,36+,37-,39+,40-,41+,49+,50-,51-,52+/m1/s1. The number of carboxylic acid groups (broad SMARTS) is 1. The molecule has 8 rings (SSSR count). The number of ether oxygens (including phenoxy) is 1. The number of esters is 1. The van der Waals surface area contributed by atoms with Crippen LogP contribution in [0.5, 0.6) is 0 Å². The van der Waals surface area contributed by atoms with Crippen LogP contribution in [0.15, 0.2) is 35.4 Å². The zero-order valence-corrected chi connectivity index (χ0v) is 39.3. The SMILES string of the molecule is CC(C)C1=C2[C@H]3CC[C@@H]4[C@@]5(C)CC[C@H](OC(=O)[C@H]6C[C@@H](C(=O)O)C6(C)C)C(C)(C)[C@@H]5CC[C@@]4(C)[C@]3(C)CC[C@@]2(CC(=O)NCc2ccc(CN3CCN(C)CC3)cc2)CC1=O. The van der Waals surface area contributed by atoms with E-state index in [2.05, 4.69) is 94.9 Å². The molecule has 6 aliphatic carbocycles. The summed E-state index contributed by atoms with van der Waals surface area (Å²) in [5.74, 6) is -0.331. The maximum Gasteiger partial charge on any atom is 0.309 e. The minimum Gasteiger partial charge on any atom is -0.481 e. The number of carbonyl (C=O) groups excluding carboxylic acids is 3. The summed E-state index contributed by atoms with van der Waals surface area (Å²) < 4.78 is 6.44. The van der Waals surface area contributed by atoms with E-state index in [1.165, 1.54) is 11.1 Å². The first-order valence-electron chi connectivity index (χ1n) is 24.0. The molecule has 7 aliphatic rings. The van der Waals surface area contributed by atoms with Crippen molar-refractivity contribution in [2.24, 2.45) is 68.0 Å². The lowest BCUT2D eigenvalue weighted by molar-refractivity contribution is -0.236. The number of benzene rings is 1. The quantitative estimate of drug-likeness (QED) is 0.225. The monoisotopic (exact) mass is 840 g/mol. The maximum absolute atomic E-state index is 14.2. The van der Waals surface area contributed by atoms with Crippen molar-refractivity contribution in [2.45, 2.75) is 152 Å². The Morgan fingerprint density at radius 2 is 1.48 bits per heavy atom. The number of carbonyl (C=O) groups is 4. The van der Waals surface area contributed by atoms with Crippen LogP contribution < -0.4 is 5.32 Å². The van der Waals surface area contributed by atoms with Crippen molar-refractivity contribution in [2.75, 3.05) is 33.2 Å². The Bertz CT molecular complexity index is 1940. The minimum atomic E-state index is -0.828. The summed E-state index contributed by atoms with van der Waals surface area (Å²) in [6.07, 6.45) is 9.05. The number of fused-ring (bicyclic) bond motifs is 7. The Morgan fingerprint density at radius 3 is 2.11 bits per heavy atom. The summed E-state index contributed by atoms with van der Waals surface area (Å²) in [5, 5.41) is 13.0. The van der Waals surface area contributed by atoms with Gasteiger partial charge in [-0.25, -0.2) is 0 Å². The number of hydrogen-bond donors (Lipinski definition) is 2. The number of allylic oxidation sites excluding steroid dienone is 2. The Balaban J connectivity index is 0.969. The average Bonchev–Trinajstić information content (AvgIpc) is 3.47. The Morgan fingerprint density at radius 1 is 0.803 bits per heavy atom. The van der Waals surface area contributed by atoms with Crippen molar-refractivity contribution in [1.29, 1.82) is 0 Å². The molecule has 0 aromatic heterocycles. The zero-order valence-electron chi connectivity index (χ0n) is 39.3. The smallest absolute Gasteiger partial charge is 0.309 e. The van der Waals surface area contributed by atoms with Crippen molar-refractivity contribution >= 4 is 23.6 Å². The number of likely N-dealkylation sites (N-methyl/N-ethyl adjacent to an activating group) is 1. The van der Waals surface area contributed by atoms with Crippen LogP contribution in [0.1, 0.15) is 144 Å². The molecular weight excluding hydrogens is 763 g/mol. The maximum atomic E-state index is 14.2. The topological polar surface area (TPSA) is 116 Å². The number of Topliss-reactive ketones (excluding diaryl/α,β-unsaturated/α-hetero) is 1. The van der Waals surface area contributed by atoms with Gasteiger partial charge in [-0.15, -0.1) is 0 Å². The van der Waals surface area contributed by atoms with Gasteiger partial charge in [-0.3, -0.25) is 24.1 Å². The van der Waals surface area contributed by atoms with Gasteiger partial charge in [-0.2, -0.15) is 0 Å². The van der Waals surface area contributed by atoms with Crippen LogP contribution in [0, 0.1) is 68.0 Å². The summed E-state index contributed by atoms with van der Waals surface area (Å²) in [7, 11) is 2.18. The van der Waals surface area contributed by atoms with E-state index in [-0.39, 0.29) is 63.2 Å². The fourth-order valence-electron chi connectivity index (χ4n) is 15.7. The number of hydrogen-bond acceptors (Lipinski definition) is 7. The van der Waals surface area contributed by atoms with Crippen LogP contribution in [-0.4, -0.2) is 77.9 Å². The van der Waals surface area contributed by atoms with Crippen molar-refractivity contribution in [3.05, 3.63) is 46.5 Å².